The third kappa shape index (κ3) is 4.45. The number of benzene rings is 1. The molecule has 0 aliphatic carbocycles. The summed E-state index contributed by atoms with van der Waals surface area (Å²) in [6.45, 7) is 4.94. The van der Waals surface area contributed by atoms with Crippen LogP contribution in [0.4, 0.5) is 4.39 Å². The highest BCUT2D eigenvalue weighted by Gasteiger charge is 2.14. The van der Waals surface area contributed by atoms with Gasteiger partial charge in [0.1, 0.15) is 5.82 Å². The van der Waals surface area contributed by atoms with Crippen LogP contribution >= 0.6 is 22.6 Å². The van der Waals surface area contributed by atoms with Gasteiger partial charge >= 0.3 is 0 Å². The van der Waals surface area contributed by atoms with Crippen molar-refractivity contribution in [2.75, 3.05) is 19.6 Å². The zero-order chi connectivity index (χ0) is 14.4. The summed E-state index contributed by atoms with van der Waals surface area (Å²) < 4.78 is 13.4. The number of carbonyl (C=O) groups is 2. The summed E-state index contributed by atoms with van der Waals surface area (Å²) in [6, 6.07) is 3.92. The van der Waals surface area contributed by atoms with E-state index in [9.17, 15) is 14.0 Å². The first kappa shape index (κ1) is 15.9. The minimum atomic E-state index is -0.389. The molecule has 0 atom stereocenters. The average molecular weight is 378 g/mol. The summed E-state index contributed by atoms with van der Waals surface area (Å²) in [6.07, 6.45) is 0. The van der Waals surface area contributed by atoms with Crippen LogP contribution < -0.4 is 5.32 Å². The lowest BCUT2D eigenvalue weighted by atomic mass is 10.2. The molecular formula is C13H16FIN2O2. The number of rotatable bonds is 5. The van der Waals surface area contributed by atoms with Crippen molar-refractivity contribution >= 4 is 34.4 Å². The third-order valence-electron chi connectivity index (χ3n) is 2.69. The van der Waals surface area contributed by atoms with Crippen LogP contribution in [0.1, 0.15) is 24.2 Å². The Morgan fingerprint density at radius 2 is 1.95 bits per heavy atom. The third-order valence-corrected chi connectivity index (χ3v) is 3.58. The molecule has 1 aromatic carbocycles. The summed E-state index contributed by atoms with van der Waals surface area (Å²) in [5.74, 6) is -0.888. The van der Waals surface area contributed by atoms with Crippen LogP contribution in [0.5, 0.6) is 0 Å². The second-order valence-electron chi connectivity index (χ2n) is 3.87. The van der Waals surface area contributed by atoms with Crippen molar-refractivity contribution < 1.29 is 14.0 Å². The Morgan fingerprint density at radius 1 is 1.32 bits per heavy atom. The molecule has 0 bridgehead atoms. The Hall–Kier alpha value is -1.18. The van der Waals surface area contributed by atoms with Gasteiger partial charge < -0.3 is 10.2 Å². The quantitative estimate of drug-likeness (QED) is 0.798. The molecule has 0 saturated heterocycles. The van der Waals surface area contributed by atoms with E-state index in [-0.39, 0.29) is 24.2 Å². The summed E-state index contributed by atoms with van der Waals surface area (Å²) in [7, 11) is 0. The molecule has 1 aromatic rings. The van der Waals surface area contributed by atoms with Crippen molar-refractivity contribution in [1.29, 1.82) is 0 Å². The molecule has 104 valence electrons. The highest BCUT2D eigenvalue weighted by atomic mass is 127. The van der Waals surface area contributed by atoms with Crippen LogP contribution in [0.3, 0.4) is 0 Å². The Labute approximate surface area is 125 Å². The SMILES string of the molecule is CCN(CC)C(=O)CNC(=O)c1ccc(F)cc1I. The molecule has 0 aromatic heterocycles. The molecule has 4 nitrogen and oxygen atoms in total. The number of carbonyl (C=O) groups excluding carboxylic acids is 2. The summed E-state index contributed by atoms with van der Waals surface area (Å²) in [5.41, 5.74) is 0.370. The predicted molar refractivity (Wildman–Crippen MR) is 79.4 cm³/mol. The van der Waals surface area contributed by atoms with Gasteiger partial charge in [0.2, 0.25) is 5.91 Å². The Balaban J connectivity index is 2.63. The molecule has 0 radical (unpaired) electrons. The van der Waals surface area contributed by atoms with Gasteiger partial charge in [-0.3, -0.25) is 9.59 Å². The normalized spacial score (nSPS) is 10.1. The number of nitrogens with one attached hydrogen (secondary N) is 1. The summed E-state index contributed by atoms with van der Waals surface area (Å²) >= 11 is 1.89. The maximum absolute atomic E-state index is 12.9. The van der Waals surface area contributed by atoms with Gasteiger partial charge in [-0.15, -0.1) is 0 Å². The van der Waals surface area contributed by atoms with E-state index < -0.39 is 0 Å². The minimum absolute atomic E-state index is 0.0476. The minimum Gasteiger partial charge on any atom is -0.343 e. The van der Waals surface area contributed by atoms with Crippen molar-refractivity contribution in [3.05, 3.63) is 33.1 Å². The second kappa shape index (κ2) is 7.42. The van der Waals surface area contributed by atoms with Crippen molar-refractivity contribution in [3.63, 3.8) is 0 Å². The molecule has 0 fully saturated rings. The molecule has 1 N–H and O–H groups in total. The molecule has 0 aliphatic heterocycles. The van der Waals surface area contributed by atoms with Gasteiger partial charge in [0.15, 0.2) is 0 Å². The standard InChI is InChI=1S/C13H16FIN2O2/c1-3-17(4-2)12(18)8-16-13(19)10-6-5-9(14)7-11(10)15/h5-7H,3-4,8H2,1-2H3,(H,16,19). The first-order valence-corrected chi connectivity index (χ1v) is 7.08. The van der Waals surface area contributed by atoms with E-state index in [1.165, 1.54) is 18.2 Å². The maximum Gasteiger partial charge on any atom is 0.252 e. The monoisotopic (exact) mass is 378 g/mol. The van der Waals surface area contributed by atoms with Crippen LogP contribution in [-0.2, 0) is 4.79 Å². The molecule has 6 heteroatoms. The smallest absolute Gasteiger partial charge is 0.252 e. The molecule has 1 rings (SSSR count). The van der Waals surface area contributed by atoms with Gasteiger partial charge in [-0.05, 0) is 54.6 Å². The fourth-order valence-corrected chi connectivity index (χ4v) is 2.34. The first-order chi connectivity index (χ1) is 8.99. The van der Waals surface area contributed by atoms with Crippen LogP contribution in [-0.4, -0.2) is 36.3 Å². The van der Waals surface area contributed by atoms with Crippen LogP contribution in [0.25, 0.3) is 0 Å². The largest absolute Gasteiger partial charge is 0.343 e. The molecule has 0 saturated carbocycles. The molecule has 0 unspecified atom stereocenters. The number of halogens is 2. The zero-order valence-electron chi connectivity index (χ0n) is 10.9. The summed E-state index contributed by atoms with van der Waals surface area (Å²) in [4.78, 5) is 25.2. The van der Waals surface area contributed by atoms with Crippen molar-refractivity contribution in [3.8, 4) is 0 Å². The Morgan fingerprint density at radius 3 is 2.47 bits per heavy atom. The Bertz CT molecular complexity index is 476. The van der Waals surface area contributed by atoms with Crippen LogP contribution in [0.15, 0.2) is 18.2 Å². The van der Waals surface area contributed by atoms with E-state index in [0.29, 0.717) is 22.2 Å². The predicted octanol–water partition coefficient (Wildman–Crippen LogP) is 2.03. The van der Waals surface area contributed by atoms with E-state index in [1.807, 2.05) is 36.4 Å². The highest BCUT2D eigenvalue weighted by Crippen LogP contribution is 2.13. The van der Waals surface area contributed by atoms with Crippen LogP contribution in [0, 0.1) is 9.39 Å². The van der Waals surface area contributed by atoms with Gasteiger partial charge in [0, 0.05) is 16.7 Å². The van der Waals surface area contributed by atoms with E-state index in [2.05, 4.69) is 5.32 Å². The second-order valence-corrected chi connectivity index (χ2v) is 5.04. The van der Waals surface area contributed by atoms with Crippen molar-refractivity contribution in [1.82, 2.24) is 10.2 Å². The lowest BCUT2D eigenvalue weighted by Gasteiger charge is -2.18. The summed E-state index contributed by atoms with van der Waals surface area (Å²) in [5, 5.41) is 2.55. The van der Waals surface area contributed by atoms with E-state index in [1.54, 1.807) is 4.90 Å². The lowest BCUT2D eigenvalue weighted by Crippen LogP contribution is -2.40. The number of hydrogen-bond donors (Lipinski definition) is 1. The van der Waals surface area contributed by atoms with Gasteiger partial charge in [0.05, 0.1) is 12.1 Å². The van der Waals surface area contributed by atoms with Gasteiger partial charge in [-0.2, -0.15) is 0 Å². The highest BCUT2D eigenvalue weighted by molar-refractivity contribution is 14.1. The van der Waals surface area contributed by atoms with Crippen molar-refractivity contribution in [2.45, 2.75) is 13.8 Å². The van der Waals surface area contributed by atoms with Crippen molar-refractivity contribution in [2.24, 2.45) is 0 Å². The van der Waals surface area contributed by atoms with Gasteiger partial charge in [0.25, 0.3) is 5.91 Å². The fourth-order valence-electron chi connectivity index (χ4n) is 1.61. The van der Waals surface area contributed by atoms with E-state index >= 15 is 0 Å². The number of amides is 2. The maximum atomic E-state index is 12.9. The molecule has 0 heterocycles. The van der Waals surface area contributed by atoms with E-state index in [0.717, 1.165) is 0 Å². The topological polar surface area (TPSA) is 49.4 Å². The number of hydrogen-bond acceptors (Lipinski definition) is 2. The first-order valence-electron chi connectivity index (χ1n) is 6.00. The lowest BCUT2D eigenvalue weighted by molar-refractivity contribution is -0.129. The molecule has 0 spiro atoms. The molecule has 19 heavy (non-hydrogen) atoms. The van der Waals surface area contributed by atoms with E-state index in [4.69, 9.17) is 0 Å². The average Bonchev–Trinajstić information content (AvgIpc) is 2.37. The zero-order valence-corrected chi connectivity index (χ0v) is 13.0. The molecular weight excluding hydrogens is 362 g/mol. The molecule has 0 aliphatic rings. The fraction of sp³-hybridized carbons (Fsp3) is 0.385. The van der Waals surface area contributed by atoms with Gasteiger partial charge in [-0.25, -0.2) is 4.39 Å². The van der Waals surface area contributed by atoms with Gasteiger partial charge in [-0.1, -0.05) is 0 Å². The molecule has 2 amide bonds. The van der Waals surface area contributed by atoms with Crippen LogP contribution in [0.2, 0.25) is 0 Å². The number of likely N-dealkylation sites (N-methyl/N-ethyl adjacent to an activating group) is 1. The Kier molecular flexibility index (Phi) is 6.20. The number of nitrogens with zero attached hydrogens (tertiary/aromatic N) is 1.